The van der Waals surface area contributed by atoms with Gasteiger partial charge in [-0.2, -0.15) is 0 Å². The smallest absolute Gasteiger partial charge is 0.294 e. The highest BCUT2D eigenvalue weighted by Gasteiger charge is 2.45. The van der Waals surface area contributed by atoms with Crippen molar-refractivity contribution < 1.29 is 23.8 Å². The predicted octanol–water partition coefficient (Wildman–Crippen LogP) is 6.38. The number of furan rings is 1. The summed E-state index contributed by atoms with van der Waals surface area (Å²) in [5.74, 6) is -1.25. The third kappa shape index (κ3) is 4.10. The first-order valence-electron chi connectivity index (χ1n) is 12.7. The van der Waals surface area contributed by atoms with E-state index in [0.29, 0.717) is 22.4 Å². The van der Waals surface area contributed by atoms with Crippen molar-refractivity contribution in [1.29, 1.82) is 0 Å². The van der Waals surface area contributed by atoms with Crippen molar-refractivity contribution in [2.24, 2.45) is 0 Å². The molecule has 1 atom stereocenters. The van der Waals surface area contributed by atoms with E-state index in [1.165, 1.54) is 12.0 Å². The first kappa shape index (κ1) is 25.1. The van der Waals surface area contributed by atoms with Gasteiger partial charge in [-0.3, -0.25) is 14.5 Å². The largest absolute Gasteiger partial charge is 0.503 e. The molecule has 7 nitrogen and oxygen atoms in total. The lowest BCUT2D eigenvalue weighted by Gasteiger charge is -2.28. The molecule has 194 valence electrons. The van der Waals surface area contributed by atoms with Gasteiger partial charge in [0.1, 0.15) is 0 Å². The van der Waals surface area contributed by atoms with Gasteiger partial charge in [-0.15, -0.1) is 0 Å². The number of fused-ring (bicyclic) bond motifs is 1. The summed E-state index contributed by atoms with van der Waals surface area (Å²) >= 11 is 0. The zero-order valence-electron chi connectivity index (χ0n) is 21.9. The topological polar surface area (TPSA) is 83.2 Å². The average molecular weight is 511 g/mol. The van der Waals surface area contributed by atoms with Crippen LogP contribution in [0.5, 0.6) is 5.75 Å². The van der Waals surface area contributed by atoms with E-state index >= 15 is 0 Å². The minimum Gasteiger partial charge on any atom is -0.503 e. The fourth-order valence-corrected chi connectivity index (χ4v) is 5.15. The molecule has 1 N–H and O–H groups in total. The van der Waals surface area contributed by atoms with Gasteiger partial charge in [0.25, 0.3) is 5.91 Å². The minimum absolute atomic E-state index is 0.0184. The number of carbonyl (C=O) groups excluding carboxylic acids is 2. The van der Waals surface area contributed by atoms with E-state index in [1.807, 2.05) is 61.5 Å². The van der Waals surface area contributed by atoms with Gasteiger partial charge >= 0.3 is 0 Å². The number of aryl methyl sites for hydroxylation is 1. The fraction of sp³-hybridized carbons (Fsp3) is 0.226. The molecule has 0 bridgehead atoms. The Hall–Kier alpha value is -4.52. The van der Waals surface area contributed by atoms with Crippen molar-refractivity contribution in [2.75, 3.05) is 30.0 Å². The summed E-state index contributed by atoms with van der Waals surface area (Å²) < 4.78 is 11.3. The van der Waals surface area contributed by atoms with Gasteiger partial charge in [0.15, 0.2) is 22.9 Å². The highest BCUT2D eigenvalue weighted by Crippen LogP contribution is 2.44. The SMILES string of the molecule is CCN(CC)c1ccc(N2C(=O)C(O)=C(C(=O)c3cc4cccc(OC)c4o3)C2c2ccccc2C)cc1. The molecule has 5 rings (SSSR count). The number of ketones is 1. The van der Waals surface area contributed by atoms with Crippen molar-refractivity contribution in [2.45, 2.75) is 26.8 Å². The van der Waals surface area contributed by atoms with Crippen molar-refractivity contribution in [3.05, 3.63) is 101 Å². The standard InChI is InChI=1S/C31H30N2O5/c1-5-32(6-2)21-14-16-22(17-15-21)33-27(23-12-8-7-10-19(23)3)26(29(35)31(33)36)28(34)25-18-20-11-9-13-24(37-4)30(20)38-25/h7-18,27,35H,5-6H2,1-4H3. The number of aliphatic hydroxyl groups is 1. The summed E-state index contributed by atoms with van der Waals surface area (Å²) in [6.45, 7) is 7.80. The van der Waals surface area contributed by atoms with E-state index < -0.39 is 23.5 Å². The lowest BCUT2D eigenvalue weighted by atomic mass is 9.92. The minimum atomic E-state index is -0.828. The normalized spacial score (nSPS) is 15.4. The van der Waals surface area contributed by atoms with Crippen LogP contribution in [0.1, 0.15) is 41.6 Å². The molecule has 1 amide bonds. The number of benzene rings is 3. The molecule has 0 spiro atoms. The van der Waals surface area contributed by atoms with Gasteiger partial charge in [0.05, 0.1) is 18.7 Å². The molecule has 0 aliphatic carbocycles. The summed E-state index contributed by atoms with van der Waals surface area (Å²) in [6.07, 6.45) is 0. The van der Waals surface area contributed by atoms with Gasteiger partial charge in [-0.05, 0) is 68.3 Å². The molecule has 1 aliphatic heterocycles. The summed E-state index contributed by atoms with van der Waals surface area (Å²) in [6, 6.07) is 21.3. The van der Waals surface area contributed by atoms with Crippen LogP contribution in [0.3, 0.4) is 0 Å². The van der Waals surface area contributed by atoms with Crippen LogP contribution >= 0.6 is 0 Å². The molecule has 0 fully saturated rings. The Morgan fingerprint density at radius 3 is 2.39 bits per heavy atom. The van der Waals surface area contributed by atoms with Crippen LogP contribution < -0.4 is 14.5 Å². The maximum Gasteiger partial charge on any atom is 0.294 e. The third-order valence-corrected chi connectivity index (χ3v) is 7.14. The van der Waals surface area contributed by atoms with E-state index in [9.17, 15) is 14.7 Å². The molecule has 1 aliphatic rings. The van der Waals surface area contributed by atoms with E-state index in [2.05, 4.69) is 18.7 Å². The monoisotopic (exact) mass is 510 g/mol. The van der Waals surface area contributed by atoms with Gasteiger partial charge in [0.2, 0.25) is 5.78 Å². The molecule has 0 radical (unpaired) electrons. The van der Waals surface area contributed by atoms with Gasteiger partial charge in [-0.25, -0.2) is 0 Å². The number of rotatable bonds is 8. The Balaban J connectivity index is 1.62. The zero-order valence-corrected chi connectivity index (χ0v) is 21.9. The second-order valence-corrected chi connectivity index (χ2v) is 9.20. The van der Waals surface area contributed by atoms with Crippen LogP contribution in [0.2, 0.25) is 0 Å². The highest BCUT2D eigenvalue weighted by atomic mass is 16.5. The van der Waals surface area contributed by atoms with Crippen LogP contribution in [0.15, 0.2) is 88.5 Å². The number of methoxy groups -OCH3 is 1. The third-order valence-electron chi connectivity index (χ3n) is 7.14. The van der Waals surface area contributed by atoms with Crippen molar-refractivity contribution in [3.63, 3.8) is 0 Å². The molecule has 4 aromatic rings. The summed E-state index contributed by atoms with van der Waals surface area (Å²) in [5.41, 5.74) is 3.66. The number of anilines is 2. The number of nitrogens with zero attached hydrogens (tertiary/aromatic N) is 2. The quantitative estimate of drug-likeness (QED) is 0.277. The first-order valence-corrected chi connectivity index (χ1v) is 12.7. The lowest BCUT2D eigenvalue weighted by Crippen LogP contribution is -2.31. The highest BCUT2D eigenvalue weighted by molar-refractivity contribution is 6.20. The Morgan fingerprint density at radius 2 is 1.74 bits per heavy atom. The van der Waals surface area contributed by atoms with Gasteiger partial charge < -0.3 is 19.2 Å². The maximum atomic E-state index is 13.9. The molecule has 7 heteroatoms. The van der Waals surface area contributed by atoms with Crippen LogP contribution in [0, 0.1) is 6.92 Å². The van der Waals surface area contributed by atoms with E-state index in [4.69, 9.17) is 9.15 Å². The van der Waals surface area contributed by atoms with Crippen LogP contribution in [-0.4, -0.2) is 37.0 Å². The van der Waals surface area contributed by atoms with Crippen LogP contribution in [-0.2, 0) is 4.79 Å². The van der Waals surface area contributed by atoms with Crippen LogP contribution in [0.25, 0.3) is 11.0 Å². The number of amides is 1. The van der Waals surface area contributed by atoms with Crippen LogP contribution in [0.4, 0.5) is 11.4 Å². The lowest BCUT2D eigenvalue weighted by molar-refractivity contribution is -0.117. The number of hydrogen-bond donors (Lipinski definition) is 1. The van der Waals surface area contributed by atoms with Crippen molar-refractivity contribution in [1.82, 2.24) is 0 Å². The van der Waals surface area contributed by atoms with Gasteiger partial charge in [-0.1, -0.05) is 36.4 Å². The molecule has 3 aromatic carbocycles. The number of ether oxygens (including phenoxy) is 1. The molecule has 0 saturated carbocycles. The number of hydrogen-bond acceptors (Lipinski definition) is 6. The molecule has 1 aromatic heterocycles. The average Bonchev–Trinajstić information content (AvgIpc) is 3.49. The predicted molar refractivity (Wildman–Crippen MR) is 148 cm³/mol. The number of Topliss-reactive ketones (excluding diaryl/α,β-unsaturated/α-hetero) is 1. The maximum absolute atomic E-state index is 13.9. The summed E-state index contributed by atoms with van der Waals surface area (Å²) in [7, 11) is 1.53. The van der Waals surface area contributed by atoms with E-state index in [-0.39, 0.29) is 11.3 Å². The summed E-state index contributed by atoms with van der Waals surface area (Å²) in [4.78, 5) is 31.2. The molecule has 1 unspecified atom stereocenters. The fourth-order valence-electron chi connectivity index (χ4n) is 5.15. The molecular weight excluding hydrogens is 480 g/mol. The Morgan fingerprint density at radius 1 is 1.03 bits per heavy atom. The second kappa shape index (κ2) is 10.1. The van der Waals surface area contributed by atoms with Crippen molar-refractivity contribution >= 4 is 34.0 Å². The Kier molecular flexibility index (Phi) is 6.68. The van der Waals surface area contributed by atoms with Gasteiger partial charge in [0, 0.05) is 29.9 Å². The number of para-hydroxylation sites is 1. The molecule has 0 saturated heterocycles. The first-order chi connectivity index (χ1) is 18.4. The van der Waals surface area contributed by atoms with Crippen molar-refractivity contribution in [3.8, 4) is 5.75 Å². The summed E-state index contributed by atoms with van der Waals surface area (Å²) in [5, 5.41) is 11.8. The molecular formula is C31H30N2O5. The molecule has 2 heterocycles. The Bertz CT molecular complexity index is 1550. The van der Waals surface area contributed by atoms with E-state index in [0.717, 1.165) is 29.9 Å². The number of aliphatic hydroxyl groups excluding tert-OH is 1. The number of carbonyl (C=O) groups is 2. The molecule has 38 heavy (non-hydrogen) atoms. The zero-order chi connectivity index (χ0) is 27.0. The Labute approximate surface area is 221 Å². The van der Waals surface area contributed by atoms with E-state index in [1.54, 1.807) is 18.2 Å². The second-order valence-electron chi connectivity index (χ2n) is 9.20.